The van der Waals surface area contributed by atoms with Crippen molar-refractivity contribution in [2.45, 2.75) is 89.6 Å². The lowest BCUT2D eigenvalue weighted by Gasteiger charge is -2.33. The van der Waals surface area contributed by atoms with Gasteiger partial charge in [-0.1, -0.05) is 63.4 Å². The van der Waals surface area contributed by atoms with Gasteiger partial charge >= 0.3 is 0 Å². The highest BCUT2D eigenvalue weighted by Crippen LogP contribution is 2.16. The molecule has 1 heterocycles. The van der Waals surface area contributed by atoms with Gasteiger partial charge in [-0.3, -0.25) is 19.4 Å². The fourth-order valence-electron chi connectivity index (χ4n) is 4.52. The number of nitrogens with zero attached hydrogens (tertiary/aromatic N) is 1. The predicted molar refractivity (Wildman–Crippen MR) is 160 cm³/mol. The Morgan fingerprint density at radius 3 is 2.14 bits per heavy atom. The molecule has 0 saturated heterocycles. The molecule has 232 valence electrons. The molecule has 0 fully saturated rings. The first-order valence-corrected chi connectivity index (χ1v) is 16.2. The molecule has 5 atom stereocenters. The number of carbonyl (C=O) groups is 3. The van der Waals surface area contributed by atoms with Crippen LogP contribution in [0.25, 0.3) is 0 Å². The summed E-state index contributed by atoms with van der Waals surface area (Å²) in [5, 5.41) is 30.4. The molecule has 0 aliphatic carbocycles. The second-order valence-corrected chi connectivity index (χ2v) is 12.7. The van der Waals surface area contributed by atoms with Crippen LogP contribution in [0.15, 0.2) is 54.9 Å². The van der Waals surface area contributed by atoms with Crippen molar-refractivity contribution in [2.24, 2.45) is 0 Å². The van der Waals surface area contributed by atoms with Gasteiger partial charge in [0.2, 0.25) is 11.8 Å². The number of nitrogens with one attached hydrogen (secondary N) is 3. The largest absolute Gasteiger partial charge is 0.388 e. The Kier molecular flexibility index (Phi) is 14.6. The highest BCUT2D eigenvalue weighted by Gasteiger charge is 2.36. The molecule has 1 aromatic carbocycles. The maximum absolute atomic E-state index is 13.6. The van der Waals surface area contributed by atoms with Crippen LogP contribution < -0.4 is 16.0 Å². The van der Waals surface area contributed by atoms with Crippen LogP contribution in [0.5, 0.6) is 0 Å². The Hall–Kier alpha value is -3.35. The molecular weight excluding hydrogens is 560 g/mol. The first-order valence-electron chi connectivity index (χ1n) is 14.4. The molecule has 2 aromatic rings. The molecular formula is C30H44N4O7S. The molecule has 0 aliphatic rings. The zero-order valence-corrected chi connectivity index (χ0v) is 25.3. The fourth-order valence-corrected chi connectivity index (χ4v) is 6.16. The average Bonchev–Trinajstić information content (AvgIpc) is 2.97. The predicted octanol–water partition coefficient (Wildman–Crippen LogP) is 1.54. The van der Waals surface area contributed by atoms with E-state index in [1.54, 1.807) is 30.3 Å². The van der Waals surface area contributed by atoms with Crippen molar-refractivity contribution in [1.82, 2.24) is 20.9 Å². The van der Waals surface area contributed by atoms with E-state index < -0.39 is 57.7 Å². The normalized spacial score (nSPS) is 15.1. The molecule has 42 heavy (non-hydrogen) atoms. The summed E-state index contributed by atoms with van der Waals surface area (Å²) in [6.45, 7) is 5.12. The number of aliphatic hydroxyl groups is 2. The molecule has 0 aliphatic heterocycles. The number of aliphatic hydroxyl groups excluding tert-OH is 2. The van der Waals surface area contributed by atoms with E-state index in [4.69, 9.17) is 0 Å². The molecule has 3 amide bonds. The van der Waals surface area contributed by atoms with Crippen LogP contribution in [0, 0.1) is 0 Å². The van der Waals surface area contributed by atoms with Crippen LogP contribution >= 0.6 is 0 Å². The van der Waals surface area contributed by atoms with E-state index in [9.17, 15) is 33.0 Å². The summed E-state index contributed by atoms with van der Waals surface area (Å²) in [4.78, 5) is 42.3. The van der Waals surface area contributed by atoms with Crippen LogP contribution in [0.3, 0.4) is 0 Å². The Morgan fingerprint density at radius 1 is 0.881 bits per heavy atom. The third-order valence-corrected chi connectivity index (χ3v) is 8.58. The second kappa shape index (κ2) is 17.6. The van der Waals surface area contributed by atoms with E-state index in [0.29, 0.717) is 25.7 Å². The molecule has 5 N–H and O–H groups in total. The topological polar surface area (TPSA) is 175 Å². The number of hydrogen-bond donors (Lipinski definition) is 5. The summed E-state index contributed by atoms with van der Waals surface area (Å²) in [6, 6.07) is 8.66. The van der Waals surface area contributed by atoms with Gasteiger partial charge in [0.1, 0.15) is 18.2 Å². The lowest BCUT2D eigenvalue weighted by atomic mass is 9.91. The van der Waals surface area contributed by atoms with Crippen molar-refractivity contribution in [1.29, 1.82) is 0 Å². The lowest BCUT2D eigenvalue weighted by molar-refractivity contribution is -0.126. The molecule has 0 bridgehead atoms. The summed E-state index contributed by atoms with van der Waals surface area (Å²) in [5.74, 6) is -2.68. The van der Waals surface area contributed by atoms with Crippen molar-refractivity contribution < 1.29 is 33.0 Å². The van der Waals surface area contributed by atoms with Gasteiger partial charge in [0, 0.05) is 19.3 Å². The van der Waals surface area contributed by atoms with Crippen LogP contribution in [-0.4, -0.2) is 83.2 Å². The van der Waals surface area contributed by atoms with Crippen LogP contribution in [0.4, 0.5) is 0 Å². The van der Waals surface area contributed by atoms with Crippen molar-refractivity contribution in [3.8, 4) is 0 Å². The van der Waals surface area contributed by atoms with Gasteiger partial charge in [-0.2, -0.15) is 0 Å². The van der Waals surface area contributed by atoms with E-state index in [0.717, 1.165) is 12.0 Å². The van der Waals surface area contributed by atoms with Gasteiger partial charge < -0.3 is 26.2 Å². The monoisotopic (exact) mass is 604 g/mol. The Labute approximate surface area is 248 Å². The minimum absolute atomic E-state index is 0.0945. The number of pyridine rings is 1. The smallest absolute Gasteiger partial charge is 0.253 e. The summed E-state index contributed by atoms with van der Waals surface area (Å²) in [5.41, 5.74) is 0.886. The quantitative estimate of drug-likeness (QED) is 0.170. The van der Waals surface area contributed by atoms with Gasteiger partial charge in [0.05, 0.1) is 29.2 Å². The van der Waals surface area contributed by atoms with Crippen LogP contribution in [0.1, 0.15) is 68.8 Å². The minimum atomic E-state index is -3.73. The second-order valence-electron chi connectivity index (χ2n) is 10.5. The maximum Gasteiger partial charge on any atom is 0.253 e. The third-order valence-electron chi connectivity index (χ3n) is 6.83. The first kappa shape index (κ1) is 34.8. The molecule has 0 saturated carbocycles. The lowest BCUT2D eigenvalue weighted by Crippen LogP contribution is -2.59. The van der Waals surface area contributed by atoms with Gasteiger partial charge in [0.15, 0.2) is 9.84 Å². The van der Waals surface area contributed by atoms with Crippen molar-refractivity contribution >= 4 is 27.6 Å². The van der Waals surface area contributed by atoms with Crippen molar-refractivity contribution in [3.63, 3.8) is 0 Å². The van der Waals surface area contributed by atoms with Crippen molar-refractivity contribution in [3.05, 3.63) is 66.0 Å². The summed E-state index contributed by atoms with van der Waals surface area (Å²) >= 11 is 0. The number of benzene rings is 1. The number of unbranched alkanes of at least 4 members (excludes halogenated alkanes) is 2. The van der Waals surface area contributed by atoms with E-state index >= 15 is 0 Å². The van der Waals surface area contributed by atoms with Gasteiger partial charge in [0.25, 0.3) is 5.91 Å². The van der Waals surface area contributed by atoms with E-state index in [-0.39, 0.29) is 23.6 Å². The SMILES string of the molecule is CCCC[C@@H](NC(C)=O)[C@@H](O)[C@H](O)[C@H](Cc1ccccc1)NC(=O)[C@@H](CS(=O)(=O)CCCC)NC(=O)c1cccnc1. The Bertz CT molecular complexity index is 1230. The number of hydrogen-bond acceptors (Lipinski definition) is 8. The Morgan fingerprint density at radius 2 is 1.55 bits per heavy atom. The van der Waals surface area contributed by atoms with Crippen LogP contribution in [-0.2, 0) is 25.8 Å². The summed E-state index contributed by atoms with van der Waals surface area (Å²) in [7, 11) is -3.73. The van der Waals surface area contributed by atoms with E-state index in [1.807, 2.05) is 19.9 Å². The summed E-state index contributed by atoms with van der Waals surface area (Å²) in [6.07, 6.45) is 2.82. The highest BCUT2D eigenvalue weighted by molar-refractivity contribution is 7.91. The third kappa shape index (κ3) is 11.9. The molecule has 12 heteroatoms. The zero-order chi connectivity index (χ0) is 31.1. The number of aromatic nitrogens is 1. The standard InChI is InChI=1S/C30H44N4O7S/c1-4-6-15-24(32-21(3)35)27(36)28(37)25(18-22-12-9-8-10-13-22)33-30(39)26(20-42(40,41)17-7-5-2)34-29(38)23-14-11-16-31-19-23/h8-14,16,19,24-28,36-37H,4-7,15,17-18,20H2,1-3H3,(H,32,35)(H,33,39)(H,34,38)/t24-,25+,26-,27-,28-/m1/s1. The number of rotatable bonds is 18. The molecule has 0 spiro atoms. The number of sulfone groups is 1. The van der Waals surface area contributed by atoms with Gasteiger partial charge in [-0.15, -0.1) is 0 Å². The summed E-state index contributed by atoms with van der Waals surface area (Å²) < 4.78 is 25.7. The van der Waals surface area contributed by atoms with Crippen molar-refractivity contribution in [2.75, 3.05) is 11.5 Å². The number of amides is 3. The van der Waals surface area contributed by atoms with E-state index in [2.05, 4.69) is 20.9 Å². The molecule has 11 nitrogen and oxygen atoms in total. The van der Waals surface area contributed by atoms with E-state index in [1.165, 1.54) is 25.4 Å². The zero-order valence-electron chi connectivity index (χ0n) is 24.5. The molecule has 1 aromatic heterocycles. The minimum Gasteiger partial charge on any atom is -0.388 e. The van der Waals surface area contributed by atoms with Crippen LogP contribution in [0.2, 0.25) is 0 Å². The van der Waals surface area contributed by atoms with Gasteiger partial charge in [-0.05, 0) is 37.0 Å². The highest BCUT2D eigenvalue weighted by atomic mass is 32.2. The number of carbonyl (C=O) groups excluding carboxylic acids is 3. The molecule has 2 rings (SSSR count). The molecule has 0 radical (unpaired) electrons. The van der Waals surface area contributed by atoms with Gasteiger partial charge in [-0.25, -0.2) is 8.42 Å². The fraction of sp³-hybridized carbons (Fsp3) is 0.533. The average molecular weight is 605 g/mol. The first-order chi connectivity index (χ1) is 20.0. The molecule has 0 unspecified atom stereocenters. The maximum atomic E-state index is 13.6. The Balaban J connectivity index is 2.38.